The summed E-state index contributed by atoms with van der Waals surface area (Å²) in [6.45, 7) is 0. The van der Waals surface area contributed by atoms with Gasteiger partial charge in [-0.05, 0) is 12.0 Å². The third kappa shape index (κ3) is 3.90. The van der Waals surface area contributed by atoms with Gasteiger partial charge in [0.05, 0.1) is 5.94 Å². The molecule has 0 fully saturated rings. The molecular formula is C12H13BF3NO5. The van der Waals surface area contributed by atoms with E-state index in [0.717, 1.165) is 0 Å². The van der Waals surface area contributed by atoms with Crippen molar-refractivity contribution in [3.05, 3.63) is 29.3 Å². The molecule has 0 aliphatic carbocycles. The molecule has 120 valence electrons. The molecule has 6 nitrogen and oxygen atoms in total. The second-order valence-electron chi connectivity index (χ2n) is 4.89. The van der Waals surface area contributed by atoms with Crippen molar-refractivity contribution in [2.24, 2.45) is 0 Å². The summed E-state index contributed by atoms with van der Waals surface area (Å²) in [5, 5.41) is 30.3. The standard InChI is InChI=1S/C12H13BF3NO5/c14-12(15,16)5-9(18)17-8-4-6-2-1-3-7(11(19)20)10(6)22-13(8)21/h1-3,8,11,19-21H,4-5H2,(H,17,18)/t8-/m0/s1. The summed E-state index contributed by atoms with van der Waals surface area (Å²) in [5.41, 5.74) is 0.463. The molecule has 0 aromatic heterocycles. The summed E-state index contributed by atoms with van der Waals surface area (Å²) in [6.07, 6.45) is -8.12. The van der Waals surface area contributed by atoms with Gasteiger partial charge in [0.25, 0.3) is 0 Å². The Morgan fingerprint density at radius 1 is 1.45 bits per heavy atom. The number of nitrogens with one attached hydrogen (secondary N) is 1. The molecule has 4 N–H and O–H groups in total. The Bertz CT molecular complexity index is 566. The summed E-state index contributed by atoms with van der Waals surface area (Å²) >= 11 is 0. The number of para-hydroxylation sites is 1. The van der Waals surface area contributed by atoms with Gasteiger partial charge in [0.2, 0.25) is 5.91 Å². The lowest BCUT2D eigenvalue weighted by molar-refractivity contribution is -0.154. The highest BCUT2D eigenvalue weighted by molar-refractivity contribution is 6.46. The second-order valence-corrected chi connectivity index (χ2v) is 4.89. The van der Waals surface area contributed by atoms with E-state index in [2.05, 4.69) is 5.32 Å². The van der Waals surface area contributed by atoms with Crippen LogP contribution in [-0.4, -0.2) is 40.4 Å². The molecule has 0 bridgehead atoms. The monoisotopic (exact) mass is 319 g/mol. The largest absolute Gasteiger partial charge is 0.547 e. The van der Waals surface area contributed by atoms with E-state index in [-0.39, 0.29) is 17.7 Å². The maximum absolute atomic E-state index is 12.1. The number of amides is 1. The van der Waals surface area contributed by atoms with E-state index in [1.54, 1.807) is 6.07 Å². The van der Waals surface area contributed by atoms with Crippen LogP contribution in [0.2, 0.25) is 0 Å². The van der Waals surface area contributed by atoms with Gasteiger partial charge in [-0.15, -0.1) is 0 Å². The molecule has 2 rings (SSSR count). The third-order valence-corrected chi connectivity index (χ3v) is 3.14. The molecule has 1 amide bonds. The predicted octanol–water partition coefficient (Wildman–Crippen LogP) is 0.0616. The number of carbonyl (C=O) groups excluding carboxylic acids is 1. The first-order valence-corrected chi connectivity index (χ1v) is 6.36. The van der Waals surface area contributed by atoms with Crippen molar-refractivity contribution in [2.75, 3.05) is 0 Å². The van der Waals surface area contributed by atoms with Gasteiger partial charge in [0.15, 0.2) is 6.29 Å². The van der Waals surface area contributed by atoms with Crippen LogP contribution < -0.4 is 9.97 Å². The van der Waals surface area contributed by atoms with Crippen LogP contribution in [0.15, 0.2) is 18.2 Å². The highest BCUT2D eigenvalue weighted by atomic mass is 19.4. The summed E-state index contributed by atoms with van der Waals surface area (Å²) in [5.74, 6) is -2.29. The van der Waals surface area contributed by atoms with E-state index in [4.69, 9.17) is 4.65 Å². The molecule has 0 unspecified atom stereocenters. The zero-order chi connectivity index (χ0) is 16.5. The lowest BCUT2D eigenvalue weighted by Gasteiger charge is -2.29. The molecule has 1 aliphatic heterocycles. The first kappa shape index (κ1) is 16.6. The van der Waals surface area contributed by atoms with Crippen LogP contribution in [0.25, 0.3) is 0 Å². The first-order valence-electron chi connectivity index (χ1n) is 6.36. The van der Waals surface area contributed by atoms with Crippen LogP contribution >= 0.6 is 0 Å². The Kier molecular flexibility index (Phi) is 4.64. The SMILES string of the molecule is O=C(CC(F)(F)F)N[C@H]1Cc2cccc(C(O)O)c2OB1O. The molecule has 0 saturated heterocycles. The Balaban J connectivity index is 2.13. The van der Waals surface area contributed by atoms with E-state index >= 15 is 0 Å². The summed E-state index contributed by atoms with van der Waals surface area (Å²) in [6, 6.07) is 4.43. The van der Waals surface area contributed by atoms with Crippen LogP contribution in [0.1, 0.15) is 23.8 Å². The number of rotatable bonds is 3. The van der Waals surface area contributed by atoms with Gasteiger partial charge in [-0.1, -0.05) is 18.2 Å². The molecule has 1 aliphatic rings. The minimum absolute atomic E-state index is 0.000652. The zero-order valence-corrected chi connectivity index (χ0v) is 11.2. The number of alkyl halides is 3. The van der Waals surface area contributed by atoms with Crippen LogP contribution in [0.3, 0.4) is 0 Å². The lowest BCUT2D eigenvalue weighted by atomic mass is 9.72. The van der Waals surface area contributed by atoms with E-state index in [1.807, 2.05) is 0 Å². The highest BCUT2D eigenvalue weighted by Crippen LogP contribution is 2.33. The van der Waals surface area contributed by atoms with Crippen molar-refractivity contribution in [2.45, 2.75) is 31.2 Å². The zero-order valence-electron chi connectivity index (χ0n) is 11.2. The predicted molar refractivity (Wildman–Crippen MR) is 68.5 cm³/mol. The average molecular weight is 319 g/mol. The molecule has 1 atom stereocenters. The fourth-order valence-corrected chi connectivity index (χ4v) is 2.22. The van der Waals surface area contributed by atoms with Crippen molar-refractivity contribution in [3.63, 3.8) is 0 Å². The number of benzene rings is 1. The summed E-state index contributed by atoms with van der Waals surface area (Å²) in [4.78, 5) is 11.3. The molecule has 1 aromatic rings. The summed E-state index contributed by atoms with van der Waals surface area (Å²) in [7, 11) is -1.59. The molecular weight excluding hydrogens is 306 g/mol. The maximum Gasteiger partial charge on any atom is 0.547 e. The number of carbonyl (C=O) groups is 1. The molecule has 10 heteroatoms. The number of hydrogen-bond donors (Lipinski definition) is 4. The quantitative estimate of drug-likeness (QED) is 0.466. The van der Waals surface area contributed by atoms with Gasteiger partial charge >= 0.3 is 13.3 Å². The Labute approximate surface area is 123 Å². The topological polar surface area (TPSA) is 99.0 Å². The van der Waals surface area contributed by atoms with E-state index in [9.17, 15) is 33.2 Å². The van der Waals surface area contributed by atoms with Crippen LogP contribution in [0.4, 0.5) is 13.2 Å². The number of aliphatic hydroxyl groups is 2. The average Bonchev–Trinajstić information content (AvgIpc) is 2.36. The number of hydrogen-bond acceptors (Lipinski definition) is 5. The normalized spacial score (nSPS) is 18.0. The maximum atomic E-state index is 12.1. The van der Waals surface area contributed by atoms with Crippen LogP contribution in [0, 0.1) is 0 Å². The van der Waals surface area contributed by atoms with Gasteiger partial charge in [0, 0.05) is 5.56 Å². The second kappa shape index (κ2) is 6.15. The highest BCUT2D eigenvalue weighted by Gasteiger charge is 2.39. The molecule has 1 aromatic carbocycles. The minimum atomic E-state index is -4.64. The smallest absolute Gasteiger partial charge is 0.534 e. The molecule has 1 heterocycles. The Hall–Kier alpha value is -1.78. The Morgan fingerprint density at radius 2 is 2.14 bits per heavy atom. The number of fused-ring (bicyclic) bond motifs is 1. The van der Waals surface area contributed by atoms with Crippen LogP contribution in [0.5, 0.6) is 5.75 Å². The minimum Gasteiger partial charge on any atom is -0.534 e. The number of aliphatic hydroxyl groups excluding tert-OH is 1. The van der Waals surface area contributed by atoms with Crippen molar-refractivity contribution >= 4 is 13.0 Å². The fraction of sp³-hybridized carbons (Fsp3) is 0.417. The molecule has 0 spiro atoms. The Morgan fingerprint density at radius 3 is 2.73 bits per heavy atom. The van der Waals surface area contributed by atoms with Crippen molar-refractivity contribution in [1.82, 2.24) is 5.32 Å². The van der Waals surface area contributed by atoms with E-state index < -0.39 is 37.9 Å². The van der Waals surface area contributed by atoms with Crippen molar-refractivity contribution in [1.29, 1.82) is 0 Å². The van der Waals surface area contributed by atoms with Gasteiger partial charge in [-0.25, -0.2) is 0 Å². The molecule has 0 radical (unpaired) electrons. The first-order chi connectivity index (χ1) is 10.2. The van der Waals surface area contributed by atoms with E-state index in [0.29, 0.717) is 5.56 Å². The third-order valence-electron chi connectivity index (χ3n) is 3.14. The van der Waals surface area contributed by atoms with Gasteiger partial charge < -0.3 is 25.2 Å². The van der Waals surface area contributed by atoms with Gasteiger partial charge in [-0.3, -0.25) is 4.79 Å². The van der Waals surface area contributed by atoms with Gasteiger partial charge in [-0.2, -0.15) is 13.2 Å². The molecule has 0 saturated carbocycles. The fourth-order valence-electron chi connectivity index (χ4n) is 2.22. The lowest BCUT2D eigenvalue weighted by Crippen LogP contribution is -2.53. The van der Waals surface area contributed by atoms with Crippen molar-refractivity contribution in [3.8, 4) is 5.75 Å². The van der Waals surface area contributed by atoms with Crippen LogP contribution in [-0.2, 0) is 11.2 Å². The van der Waals surface area contributed by atoms with E-state index in [1.165, 1.54) is 12.1 Å². The number of halogens is 3. The van der Waals surface area contributed by atoms with Gasteiger partial charge in [0.1, 0.15) is 12.2 Å². The summed E-state index contributed by atoms with van der Waals surface area (Å²) < 4.78 is 41.5. The molecule has 22 heavy (non-hydrogen) atoms. The van der Waals surface area contributed by atoms with Crippen molar-refractivity contribution < 1.29 is 37.9 Å².